The molecule has 4 heterocycles. The number of nitrogens with one attached hydrogen (secondary N) is 2. The number of sulfone groups is 1. The highest BCUT2D eigenvalue weighted by atomic mass is 35.5. The highest BCUT2D eigenvalue weighted by Crippen LogP contribution is 2.46. The largest absolute Gasteiger partial charge is 0.501 e. The fourth-order valence-electron chi connectivity index (χ4n) is 11.6. The summed E-state index contributed by atoms with van der Waals surface area (Å²) in [6.07, 6.45) is 6.64. The van der Waals surface area contributed by atoms with Crippen LogP contribution in [0.25, 0.3) is 5.57 Å². The van der Waals surface area contributed by atoms with E-state index in [1.165, 1.54) is 28.8 Å². The van der Waals surface area contributed by atoms with E-state index in [2.05, 4.69) is 48.7 Å². The summed E-state index contributed by atoms with van der Waals surface area (Å²) in [5.74, 6) is 0.293. The molecule has 0 aromatic heterocycles. The van der Waals surface area contributed by atoms with Crippen LogP contribution in [0.2, 0.25) is 5.02 Å². The zero-order chi connectivity index (χ0) is 53.5. The van der Waals surface area contributed by atoms with E-state index < -0.39 is 26.1 Å². The number of hydrogen-bond donors (Lipinski definition) is 2. The van der Waals surface area contributed by atoms with E-state index in [-0.39, 0.29) is 27.9 Å². The van der Waals surface area contributed by atoms with Crippen LogP contribution in [-0.4, -0.2) is 155 Å². The van der Waals surface area contributed by atoms with Crippen molar-refractivity contribution in [2.24, 2.45) is 10.8 Å². The molecule has 4 aliphatic heterocycles. The van der Waals surface area contributed by atoms with Crippen molar-refractivity contribution in [1.82, 2.24) is 24.3 Å². The Labute approximate surface area is 460 Å². The first-order chi connectivity index (χ1) is 36.5. The Kier molecular flexibility index (Phi) is 18.4. The number of allylic oxidation sites excluding steroid dienone is 1. The maximum absolute atomic E-state index is 14.2. The molecule has 9 rings (SSSR count). The molecular formula is C57H71ClF3N7O5S3. The van der Waals surface area contributed by atoms with E-state index in [0.29, 0.717) is 49.3 Å². The molecule has 410 valence electrons. The van der Waals surface area contributed by atoms with E-state index in [9.17, 15) is 31.2 Å². The van der Waals surface area contributed by atoms with Crippen molar-refractivity contribution in [1.29, 1.82) is 0 Å². The number of piperidine rings is 1. The Hall–Kier alpha value is -4.27. The van der Waals surface area contributed by atoms with Crippen LogP contribution in [0, 0.1) is 10.8 Å². The zero-order valence-corrected chi connectivity index (χ0v) is 46.8. The van der Waals surface area contributed by atoms with Crippen molar-refractivity contribution >= 4 is 73.9 Å². The van der Waals surface area contributed by atoms with Crippen LogP contribution in [0.1, 0.15) is 74.7 Å². The lowest BCUT2D eigenvalue weighted by molar-refractivity contribution is -0.146. The number of ether oxygens (including phenoxy) is 1. The molecule has 1 spiro atoms. The van der Waals surface area contributed by atoms with E-state index in [4.69, 9.17) is 16.3 Å². The second-order valence-corrected chi connectivity index (χ2v) is 25.9. The molecule has 0 radical (unpaired) electrons. The van der Waals surface area contributed by atoms with E-state index in [1.54, 1.807) is 23.9 Å². The van der Waals surface area contributed by atoms with Crippen molar-refractivity contribution in [3.63, 3.8) is 0 Å². The quantitative estimate of drug-likeness (QED) is 0.0688. The van der Waals surface area contributed by atoms with E-state index >= 15 is 0 Å². The van der Waals surface area contributed by atoms with Gasteiger partial charge in [-0.15, -0.1) is 11.8 Å². The number of thioether (sulfide) groups is 1. The minimum Gasteiger partial charge on any atom is -0.380 e. The summed E-state index contributed by atoms with van der Waals surface area (Å²) in [4.78, 5) is 37.8. The maximum atomic E-state index is 14.2. The number of halogens is 4. The standard InChI is InChI=1S/C57H71ClF3N7O5S3/c1-3-53(69)68-40-56(41-68)22-25-66(26-23-56)39-55(2)21-19-50(42-9-13-45(58)14-10-42)44(36-55)37-65-27-29-67(30-28-65)47-15-11-43(12-16-47)54(70)63-75-49-17-18-51(52(35-49)76(71,72)57(59,60)61)62-46(20-24-64-31-33-73-34-32-64)38-74-48-7-5-4-6-8-48/h4-18,35,46,62H,3,19-34,36-41H2,1-2H3,(H,63,70)/t46-,55?/m1/s1. The van der Waals surface area contributed by atoms with Gasteiger partial charge in [0.15, 0.2) is 0 Å². The summed E-state index contributed by atoms with van der Waals surface area (Å²) in [6, 6.07) is 28.7. The number of alkyl halides is 3. The topological polar surface area (TPSA) is 118 Å². The van der Waals surface area contributed by atoms with E-state index in [1.807, 2.05) is 66.4 Å². The molecule has 0 saturated carbocycles. The molecule has 4 aromatic rings. The lowest BCUT2D eigenvalue weighted by Crippen LogP contribution is -2.62. The number of benzene rings is 4. The number of morpholine rings is 1. The smallest absolute Gasteiger partial charge is 0.380 e. The molecule has 2 N–H and O–H groups in total. The third-order valence-corrected chi connectivity index (χ3v) is 19.7. The van der Waals surface area contributed by atoms with Crippen LogP contribution in [0.15, 0.2) is 117 Å². The molecule has 2 amide bonds. The molecule has 1 aliphatic carbocycles. The van der Waals surface area contributed by atoms with Crippen LogP contribution in [-0.2, 0) is 19.4 Å². The second-order valence-electron chi connectivity index (χ2n) is 21.6. The van der Waals surface area contributed by atoms with Crippen LogP contribution >= 0.6 is 35.3 Å². The van der Waals surface area contributed by atoms with Crippen LogP contribution in [0.3, 0.4) is 0 Å². The second kappa shape index (κ2) is 24.8. The number of carbonyl (C=O) groups is 2. The lowest BCUT2D eigenvalue weighted by atomic mass is 9.69. The Morgan fingerprint density at radius 2 is 1.51 bits per heavy atom. The maximum Gasteiger partial charge on any atom is 0.501 e. The van der Waals surface area contributed by atoms with Gasteiger partial charge in [0.05, 0.1) is 18.9 Å². The number of carbonyl (C=O) groups excluding carboxylic acids is 2. The minimum absolute atomic E-state index is 0.136. The van der Waals surface area contributed by atoms with Crippen molar-refractivity contribution in [3.05, 3.63) is 119 Å². The lowest BCUT2D eigenvalue weighted by Gasteiger charge is -2.55. The first-order valence-corrected chi connectivity index (χ1v) is 30.3. The molecule has 12 nitrogen and oxygen atoms in total. The third kappa shape index (κ3) is 14.1. The van der Waals surface area contributed by atoms with Gasteiger partial charge in [-0.25, -0.2) is 8.42 Å². The van der Waals surface area contributed by atoms with Gasteiger partial charge >= 0.3 is 5.51 Å². The van der Waals surface area contributed by atoms with Gasteiger partial charge in [0, 0.05) is 122 Å². The predicted octanol–water partition coefficient (Wildman–Crippen LogP) is 10.5. The van der Waals surface area contributed by atoms with Crippen LogP contribution < -0.4 is 14.9 Å². The SMILES string of the molecule is CCC(=O)N1CC2(CCN(CC3(C)CCC(c4ccc(Cl)cc4)=C(CN4CCN(c5ccc(C(=O)NSc6ccc(N[C@H](CCN7CCOCC7)CSc7ccccc7)c(S(=O)(=O)C(F)(F)F)c6)cc5)CC4)C3)CC2)C1. The Morgan fingerprint density at radius 3 is 2.18 bits per heavy atom. The Balaban J connectivity index is 0.800. The number of anilines is 2. The van der Waals surface area contributed by atoms with Gasteiger partial charge in [0.1, 0.15) is 4.90 Å². The molecule has 5 aliphatic rings. The van der Waals surface area contributed by atoms with Gasteiger partial charge < -0.3 is 24.8 Å². The number of hydrogen-bond acceptors (Lipinski definition) is 12. The molecule has 2 atom stereocenters. The zero-order valence-electron chi connectivity index (χ0n) is 43.6. The normalized spacial score (nSPS) is 21.3. The fraction of sp³-hybridized carbons (Fsp3) is 0.509. The molecule has 4 fully saturated rings. The molecule has 76 heavy (non-hydrogen) atoms. The van der Waals surface area contributed by atoms with E-state index in [0.717, 1.165) is 144 Å². The number of piperazine rings is 1. The fourth-order valence-corrected chi connectivity index (χ4v) is 14.3. The first-order valence-electron chi connectivity index (χ1n) is 26.7. The average molecular weight is 1120 g/mol. The summed E-state index contributed by atoms with van der Waals surface area (Å²) < 4.78 is 77.2. The molecule has 4 saturated heterocycles. The van der Waals surface area contributed by atoms with Gasteiger partial charge in [0.2, 0.25) is 5.91 Å². The van der Waals surface area contributed by atoms with Gasteiger partial charge in [-0.05, 0) is 147 Å². The molecule has 4 aromatic carbocycles. The first kappa shape index (κ1) is 56.5. The van der Waals surface area contributed by atoms with Crippen LogP contribution in [0.4, 0.5) is 24.5 Å². The van der Waals surface area contributed by atoms with Crippen LogP contribution in [0.5, 0.6) is 0 Å². The molecular weight excluding hydrogens is 1050 g/mol. The summed E-state index contributed by atoms with van der Waals surface area (Å²) >= 11 is 8.66. The van der Waals surface area contributed by atoms with Gasteiger partial charge in [0.25, 0.3) is 15.7 Å². The van der Waals surface area contributed by atoms with Gasteiger partial charge in [-0.2, -0.15) is 13.2 Å². The summed E-state index contributed by atoms with van der Waals surface area (Å²) in [7, 11) is -5.77. The highest BCUT2D eigenvalue weighted by Gasteiger charge is 2.49. The highest BCUT2D eigenvalue weighted by molar-refractivity contribution is 7.99. The molecule has 1 unspecified atom stereocenters. The van der Waals surface area contributed by atoms with Crippen molar-refractivity contribution < 1.29 is 35.9 Å². The number of amides is 2. The molecule has 19 heteroatoms. The van der Waals surface area contributed by atoms with Gasteiger partial charge in [-0.3, -0.25) is 24.1 Å². The minimum atomic E-state index is -5.77. The van der Waals surface area contributed by atoms with Crippen molar-refractivity contribution in [2.45, 2.75) is 85.0 Å². The summed E-state index contributed by atoms with van der Waals surface area (Å²) in [5.41, 5.74) is 0.304. The van der Waals surface area contributed by atoms with Gasteiger partial charge in [-0.1, -0.05) is 61.4 Å². The molecule has 0 bridgehead atoms. The van der Waals surface area contributed by atoms with Crippen molar-refractivity contribution in [2.75, 3.05) is 114 Å². The Morgan fingerprint density at radius 1 is 0.816 bits per heavy atom. The number of rotatable bonds is 19. The monoisotopic (exact) mass is 1120 g/mol. The van der Waals surface area contributed by atoms with Crippen molar-refractivity contribution in [3.8, 4) is 0 Å². The third-order valence-electron chi connectivity index (χ3n) is 16.0. The summed E-state index contributed by atoms with van der Waals surface area (Å²) in [5, 5.41) is 3.90. The number of nitrogens with zero attached hydrogens (tertiary/aromatic N) is 5. The number of likely N-dealkylation sites (tertiary alicyclic amines) is 2. The summed E-state index contributed by atoms with van der Waals surface area (Å²) in [6.45, 7) is 17.1. The average Bonchev–Trinajstić information content (AvgIpc) is 3.43. The Bertz CT molecular complexity index is 2760. The predicted molar refractivity (Wildman–Crippen MR) is 300 cm³/mol.